The topological polar surface area (TPSA) is 112 Å². The lowest BCUT2D eigenvalue weighted by molar-refractivity contribution is -0.124. The molecular weight excluding hydrogens is 360 g/mol. The number of amides is 3. The second-order valence-corrected chi connectivity index (χ2v) is 8.04. The van der Waals surface area contributed by atoms with Gasteiger partial charge < -0.3 is 15.0 Å². The van der Waals surface area contributed by atoms with Crippen LogP contribution in [0, 0.1) is 5.92 Å². The molecule has 0 aliphatic rings. The van der Waals surface area contributed by atoms with Gasteiger partial charge >= 0.3 is 6.09 Å². The highest BCUT2D eigenvalue weighted by molar-refractivity contribution is 6.00. The van der Waals surface area contributed by atoms with Crippen molar-refractivity contribution in [2.45, 2.75) is 52.7 Å². The van der Waals surface area contributed by atoms with Crippen LogP contribution in [0.2, 0.25) is 0 Å². The van der Waals surface area contributed by atoms with Gasteiger partial charge in [-0.1, -0.05) is 32.0 Å². The average molecular weight is 388 g/mol. The molecular formula is C20H28N4O4. The van der Waals surface area contributed by atoms with E-state index < -0.39 is 29.6 Å². The van der Waals surface area contributed by atoms with Crippen LogP contribution < -0.4 is 16.2 Å². The van der Waals surface area contributed by atoms with E-state index in [1.54, 1.807) is 26.8 Å². The van der Waals surface area contributed by atoms with Gasteiger partial charge in [-0.05, 0) is 45.2 Å². The number of hydrogen-bond acceptors (Lipinski definition) is 4. The number of aromatic amines is 1. The van der Waals surface area contributed by atoms with E-state index in [9.17, 15) is 14.4 Å². The van der Waals surface area contributed by atoms with E-state index in [4.69, 9.17) is 4.74 Å². The van der Waals surface area contributed by atoms with E-state index in [0.717, 1.165) is 10.9 Å². The molecule has 3 amide bonds. The lowest BCUT2D eigenvalue weighted by atomic mass is 10.0. The molecule has 1 unspecified atom stereocenters. The molecule has 0 saturated carbocycles. The fourth-order valence-corrected chi connectivity index (χ4v) is 2.64. The van der Waals surface area contributed by atoms with E-state index in [2.05, 4.69) is 21.2 Å². The lowest BCUT2D eigenvalue weighted by Crippen LogP contribution is -2.53. The first-order chi connectivity index (χ1) is 13.0. The summed E-state index contributed by atoms with van der Waals surface area (Å²) in [6, 6.07) is 8.44. The zero-order chi connectivity index (χ0) is 20.9. The standard InChI is InChI=1S/C20H28N4O4/c1-12(2)10-15(18(26)23-24-19(27)28-20(3,4)5)22-17(25)16-11-13-8-6-7-9-14(13)21-16/h6-9,11-12,15,21H,10H2,1-5H3,(H,22,25)(H,23,26)(H,24,27). The van der Waals surface area contributed by atoms with Crippen LogP contribution in [0.5, 0.6) is 0 Å². The van der Waals surface area contributed by atoms with Crippen LogP contribution in [0.4, 0.5) is 4.79 Å². The van der Waals surface area contributed by atoms with Crippen molar-refractivity contribution in [3.63, 3.8) is 0 Å². The molecule has 4 N–H and O–H groups in total. The molecule has 152 valence electrons. The summed E-state index contributed by atoms with van der Waals surface area (Å²) in [5.41, 5.74) is 5.03. The predicted octanol–water partition coefficient (Wildman–Crippen LogP) is 2.87. The Labute approximate surface area is 164 Å². The van der Waals surface area contributed by atoms with Gasteiger partial charge in [-0.15, -0.1) is 0 Å². The number of para-hydroxylation sites is 1. The van der Waals surface area contributed by atoms with Crippen molar-refractivity contribution in [3.8, 4) is 0 Å². The third-order valence-corrected chi connectivity index (χ3v) is 3.79. The quantitative estimate of drug-likeness (QED) is 0.590. The van der Waals surface area contributed by atoms with Crippen molar-refractivity contribution in [1.29, 1.82) is 0 Å². The molecule has 0 aliphatic heterocycles. The summed E-state index contributed by atoms with van der Waals surface area (Å²) < 4.78 is 5.08. The first-order valence-corrected chi connectivity index (χ1v) is 9.22. The summed E-state index contributed by atoms with van der Waals surface area (Å²) in [5, 5.41) is 3.63. The summed E-state index contributed by atoms with van der Waals surface area (Å²) in [7, 11) is 0. The Bertz CT molecular complexity index is 818. The molecule has 0 saturated heterocycles. The number of carbonyl (C=O) groups excluding carboxylic acids is 3. The Morgan fingerprint density at radius 3 is 2.39 bits per heavy atom. The highest BCUT2D eigenvalue weighted by Crippen LogP contribution is 2.15. The van der Waals surface area contributed by atoms with Crippen LogP contribution in [0.25, 0.3) is 10.9 Å². The van der Waals surface area contributed by atoms with Crippen molar-refractivity contribution < 1.29 is 19.1 Å². The summed E-state index contributed by atoms with van der Waals surface area (Å²) in [6.45, 7) is 9.04. The average Bonchev–Trinajstić information content (AvgIpc) is 3.01. The van der Waals surface area contributed by atoms with E-state index in [0.29, 0.717) is 12.1 Å². The molecule has 1 aromatic carbocycles. The highest BCUT2D eigenvalue weighted by atomic mass is 16.6. The molecule has 0 fully saturated rings. The number of hydrazine groups is 1. The first-order valence-electron chi connectivity index (χ1n) is 9.22. The molecule has 1 atom stereocenters. The predicted molar refractivity (Wildman–Crippen MR) is 107 cm³/mol. The molecule has 0 aliphatic carbocycles. The fraction of sp³-hybridized carbons (Fsp3) is 0.450. The van der Waals surface area contributed by atoms with Gasteiger partial charge in [-0.3, -0.25) is 15.0 Å². The number of ether oxygens (including phenoxy) is 1. The number of rotatable bonds is 5. The number of aromatic nitrogens is 1. The number of fused-ring (bicyclic) bond motifs is 1. The number of H-pyrrole nitrogens is 1. The Morgan fingerprint density at radius 2 is 1.79 bits per heavy atom. The van der Waals surface area contributed by atoms with Crippen LogP contribution in [0.3, 0.4) is 0 Å². The monoisotopic (exact) mass is 388 g/mol. The second kappa shape index (κ2) is 8.77. The maximum Gasteiger partial charge on any atom is 0.426 e. The van der Waals surface area contributed by atoms with Gasteiger partial charge in [0.2, 0.25) is 0 Å². The van der Waals surface area contributed by atoms with Crippen molar-refractivity contribution in [3.05, 3.63) is 36.0 Å². The number of hydrogen-bond donors (Lipinski definition) is 4. The van der Waals surface area contributed by atoms with Crippen LogP contribution >= 0.6 is 0 Å². The van der Waals surface area contributed by atoms with Gasteiger partial charge in [-0.25, -0.2) is 10.2 Å². The zero-order valence-electron chi connectivity index (χ0n) is 16.9. The Morgan fingerprint density at radius 1 is 1.11 bits per heavy atom. The van der Waals surface area contributed by atoms with Gasteiger partial charge in [0.15, 0.2) is 0 Å². The summed E-state index contributed by atoms with van der Waals surface area (Å²) in [6.07, 6.45) is -0.362. The Balaban J connectivity index is 2.02. The molecule has 8 heteroatoms. The molecule has 2 aromatic rings. The van der Waals surface area contributed by atoms with Crippen LogP contribution in [0.1, 0.15) is 51.5 Å². The summed E-state index contributed by atoms with van der Waals surface area (Å²) in [5.74, 6) is -0.765. The molecule has 1 heterocycles. The molecule has 1 aromatic heterocycles. The lowest BCUT2D eigenvalue weighted by Gasteiger charge is -2.22. The molecule has 0 spiro atoms. The summed E-state index contributed by atoms with van der Waals surface area (Å²) in [4.78, 5) is 39.8. The van der Waals surface area contributed by atoms with E-state index in [1.807, 2.05) is 38.1 Å². The molecule has 2 rings (SSSR count). The van der Waals surface area contributed by atoms with Crippen LogP contribution in [0.15, 0.2) is 30.3 Å². The van der Waals surface area contributed by atoms with Crippen molar-refractivity contribution in [2.24, 2.45) is 5.92 Å². The van der Waals surface area contributed by atoms with Gasteiger partial charge in [-0.2, -0.15) is 0 Å². The second-order valence-electron chi connectivity index (χ2n) is 8.04. The minimum atomic E-state index is -0.811. The van der Waals surface area contributed by atoms with Gasteiger partial charge in [0.05, 0.1) is 0 Å². The maximum absolute atomic E-state index is 12.6. The van der Waals surface area contributed by atoms with Crippen molar-refractivity contribution >= 4 is 28.8 Å². The smallest absolute Gasteiger partial charge is 0.426 e. The van der Waals surface area contributed by atoms with Crippen LogP contribution in [-0.2, 0) is 9.53 Å². The Hall–Kier alpha value is -3.03. The number of benzene rings is 1. The largest absolute Gasteiger partial charge is 0.443 e. The maximum atomic E-state index is 12.6. The van der Waals surface area contributed by atoms with Gasteiger partial charge in [0.25, 0.3) is 11.8 Å². The fourth-order valence-electron chi connectivity index (χ4n) is 2.64. The molecule has 0 radical (unpaired) electrons. The third kappa shape index (κ3) is 6.29. The molecule has 28 heavy (non-hydrogen) atoms. The number of carbonyl (C=O) groups is 3. The first kappa shape index (κ1) is 21.3. The normalized spacial score (nSPS) is 12.5. The zero-order valence-corrected chi connectivity index (χ0v) is 16.9. The van der Waals surface area contributed by atoms with Crippen molar-refractivity contribution in [2.75, 3.05) is 0 Å². The van der Waals surface area contributed by atoms with Gasteiger partial charge in [0.1, 0.15) is 17.3 Å². The minimum Gasteiger partial charge on any atom is -0.443 e. The SMILES string of the molecule is CC(C)CC(NC(=O)c1cc2ccccc2[nH]1)C(=O)NNC(=O)OC(C)(C)C. The van der Waals surface area contributed by atoms with E-state index >= 15 is 0 Å². The number of nitrogens with one attached hydrogen (secondary N) is 4. The minimum absolute atomic E-state index is 0.153. The third-order valence-electron chi connectivity index (χ3n) is 3.79. The van der Waals surface area contributed by atoms with Crippen LogP contribution in [-0.4, -0.2) is 34.5 Å². The van der Waals surface area contributed by atoms with Crippen molar-refractivity contribution in [1.82, 2.24) is 21.2 Å². The van der Waals surface area contributed by atoms with E-state index in [-0.39, 0.29) is 5.92 Å². The molecule has 0 bridgehead atoms. The van der Waals surface area contributed by atoms with E-state index in [1.165, 1.54) is 0 Å². The van der Waals surface area contributed by atoms with Gasteiger partial charge in [0, 0.05) is 10.9 Å². The molecule has 8 nitrogen and oxygen atoms in total. The highest BCUT2D eigenvalue weighted by Gasteiger charge is 2.24. The Kier molecular flexibility index (Phi) is 6.66. The summed E-state index contributed by atoms with van der Waals surface area (Å²) >= 11 is 0.